The van der Waals surface area contributed by atoms with Crippen molar-refractivity contribution in [1.82, 2.24) is 4.57 Å². The van der Waals surface area contributed by atoms with E-state index in [0.717, 1.165) is 0 Å². The van der Waals surface area contributed by atoms with E-state index in [1.165, 1.54) is 94.4 Å². The van der Waals surface area contributed by atoms with Crippen LogP contribution in [0.15, 0.2) is 152 Å². The summed E-state index contributed by atoms with van der Waals surface area (Å²) in [4.78, 5) is 5.12. The molecule has 12 rings (SSSR count). The summed E-state index contributed by atoms with van der Waals surface area (Å²) < 4.78 is 2.58. The van der Waals surface area contributed by atoms with Crippen LogP contribution in [0.4, 0.5) is 34.1 Å². The molecule has 0 radical (unpaired) electrons. The fourth-order valence-electron chi connectivity index (χ4n) is 9.50. The van der Waals surface area contributed by atoms with Crippen LogP contribution in [0.1, 0.15) is 0 Å². The van der Waals surface area contributed by atoms with Crippen molar-refractivity contribution in [3.05, 3.63) is 152 Å². The average molecular weight is 593 g/mol. The van der Waals surface area contributed by atoms with Gasteiger partial charge in [-0.3, -0.25) is 0 Å². The summed E-state index contributed by atoms with van der Waals surface area (Å²) in [5, 5.41) is 2.63. The van der Waals surface area contributed by atoms with E-state index in [9.17, 15) is 0 Å². The summed E-state index contributed by atoms with van der Waals surface area (Å²) in [6.07, 6.45) is 0. The molecule has 0 aliphatic carbocycles. The first-order chi connectivity index (χ1) is 23.4. The Morgan fingerprint density at radius 2 is 0.915 bits per heavy atom. The minimum Gasteiger partial charge on any atom is -0.312 e. The molecule has 7 aromatic carbocycles. The number of nitrogens with zero attached hydrogens (tertiary/aromatic N) is 3. The number of benzene rings is 7. The van der Waals surface area contributed by atoms with Crippen LogP contribution in [-0.2, 0) is 0 Å². The van der Waals surface area contributed by atoms with Crippen LogP contribution in [0, 0.1) is 0 Å². The van der Waals surface area contributed by atoms with Crippen molar-refractivity contribution < 1.29 is 0 Å². The van der Waals surface area contributed by atoms with Gasteiger partial charge in [-0.05, 0) is 75.2 Å². The molecule has 4 aliphatic rings. The lowest BCUT2D eigenvalue weighted by atomic mass is 9.29. The number of rotatable bonds is 1. The lowest BCUT2D eigenvalue weighted by Crippen LogP contribution is -2.68. The summed E-state index contributed by atoms with van der Waals surface area (Å²) in [7, 11) is 0. The van der Waals surface area contributed by atoms with Crippen LogP contribution in [0.3, 0.4) is 0 Å². The van der Waals surface area contributed by atoms with Crippen LogP contribution in [0.5, 0.6) is 0 Å². The van der Waals surface area contributed by atoms with Gasteiger partial charge in [0.2, 0.25) is 0 Å². The minimum atomic E-state index is 0.124. The van der Waals surface area contributed by atoms with Crippen LogP contribution < -0.4 is 42.6 Å². The van der Waals surface area contributed by atoms with Crippen molar-refractivity contribution in [1.29, 1.82) is 0 Å². The molecule has 5 heterocycles. The standard InChI is InChI=1S/C42H25B2N3/c1-2-13-26(14-3-1)45-34-22-9-5-17-29(34)43-30-18-6-10-23-35(30)47-36-24-11-7-19-31(36)44-32-20-12-16-28-27-15-4-8-21-33(27)46(41(28)32)38-25-37(45)39(43)42(47)40(38)44/h1-25H. The first kappa shape index (κ1) is 24.3. The fraction of sp³-hybridized carbons (Fsp3) is 0. The highest BCUT2D eigenvalue weighted by Gasteiger charge is 2.50. The van der Waals surface area contributed by atoms with Crippen molar-refractivity contribution in [2.45, 2.75) is 0 Å². The van der Waals surface area contributed by atoms with Crippen molar-refractivity contribution >= 4 is 102 Å². The van der Waals surface area contributed by atoms with Gasteiger partial charge in [-0.1, -0.05) is 109 Å². The van der Waals surface area contributed by atoms with E-state index in [1.807, 2.05) is 0 Å². The maximum atomic E-state index is 2.60. The first-order valence-corrected chi connectivity index (χ1v) is 16.5. The zero-order valence-electron chi connectivity index (χ0n) is 25.4. The smallest absolute Gasteiger partial charge is 0.252 e. The molecule has 0 bridgehead atoms. The van der Waals surface area contributed by atoms with Crippen molar-refractivity contribution in [2.24, 2.45) is 0 Å². The molecule has 47 heavy (non-hydrogen) atoms. The second kappa shape index (κ2) is 8.45. The predicted molar refractivity (Wildman–Crippen MR) is 199 cm³/mol. The maximum absolute atomic E-state index is 2.60. The molecule has 0 saturated carbocycles. The Labute approximate surface area is 273 Å². The van der Waals surface area contributed by atoms with Crippen molar-refractivity contribution in [3.8, 4) is 5.69 Å². The fourth-order valence-corrected chi connectivity index (χ4v) is 9.50. The molecule has 8 aromatic rings. The van der Waals surface area contributed by atoms with Crippen LogP contribution in [-0.4, -0.2) is 18.0 Å². The SMILES string of the molecule is c1ccc(N2c3ccccc3B3c4ccccc4N4c5ccccc5B5c6c(cc2c3c64)-n2c3ccccc3c3cccc5c32)cc1. The van der Waals surface area contributed by atoms with Crippen molar-refractivity contribution in [2.75, 3.05) is 9.80 Å². The molecule has 4 aliphatic heterocycles. The number of aromatic nitrogens is 1. The van der Waals surface area contributed by atoms with Gasteiger partial charge in [-0.2, -0.15) is 0 Å². The number of anilines is 6. The molecule has 0 N–H and O–H groups in total. The van der Waals surface area contributed by atoms with Gasteiger partial charge in [0.1, 0.15) is 0 Å². The minimum absolute atomic E-state index is 0.124. The molecular formula is C42H25B2N3. The highest BCUT2D eigenvalue weighted by molar-refractivity contribution is 7.04. The van der Waals surface area contributed by atoms with E-state index in [1.54, 1.807) is 0 Å². The number of fused-ring (bicyclic) bond motifs is 13. The van der Waals surface area contributed by atoms with Gasteiger partial charge in [0.25, 0.3) is 13.4 Å². The van der Waals surface area contributed by atoms with E-state index in [2.05, 4.69) is 166 Å². The second-order valence-corrected chi connectivity index (χ2v) is 13.2. The predicted octanol–water partition coefficient (Wildman–Crippen LogP) is 6.01. The zero-order valence-corrected chi connectivity index (χ0v) is 25.4. The normalized spacial score (nSPS) is 14.2. The Morgan fingerprint density at radius 3 is 1.64 bits per heavy atom. The Morgan fingerprint density at radius 1 is 0.383 bits per heavy atom. The van der Waals surface area contributed by atoms with Gasteiger partial charge < -0.3 is 14.4 Å². The summed E-state index contributed by atoms with van der Waals surface area (Å²) in [5.41, 5.74) is 19.8. The largest absolute Gasteiger partial charge is 0.312 e. The first-order valence-electron chi connectivity index (χ1n) is 16.5. The van der Waals surface area contributed by atoms with E-state index in [0.29, 0.717) is 0 Å². The van der Waals surface area contributed by atoms with Gasteiger partial charge in [-0.15, -0.1) is 0 Å². The molecule has 3 nitrogen and oxygen atoms in total. The summed E-state index contributed by atoms with van der Waals surface area (Å²) in [5.74, 6) is 0. The lowest BCUT2D eigenvalue weighted by Gasteiger charge is -2.49. The Hall–Kier alpha value is -5.93. The highest BCUT2D eigenvalue weighted by Crippen LogP contribution is 2.47. The third kappa shape index (κ3) is 2.80. The number of hydrogen-bond donors (Lipinski definition) is 0. The monoisotopic (exact) mass is 593 g/mol. The van der Waals surface area contributed by atoms with E-state index >= 15 is 0 Å². The average Bonchev–Trinajstić information content (AvgIpc) is 3.48. The van der Waals surface area contributed by atoms with Gasteiger partial charge in [0.15, 0.2) is 0 Å². The Kier molecular flexibility index (Phi) is 4.37. The zero-order chi connectivity index (χ0) is 30.4. The molecular weight excluding hydrogens is 568 g/mol. The van der Waals surface area contributed by atoms with E-state index in [-0.39, 0.29) is 13.4 Å². The molecule has 0 spiro atoms. The highest BCUT2D eigenvalue weighted by atomic mass is 15.2. The van der Waals surface area contributed by atoms with E-state index < -0.39 is 0 Å². The summed E-state index contributed by atoms with van der Waals surface area (Å²) >= 11 is 0. The quantitative estimate of drug-likeness (QED) is 0.216. The number of para-hydroxylation sites is 6. The summed E-state index contributed by atoms with van der Waals surface area (Å²) in [6.45, 7) is 0.255. The Balaban J connectivity index is 1.33. The van der Waals surface area contributed by atoms with Gasteiger partial charge >= 0.3 is 0 Å². The molecule has 0 saturated heterocycles. The van der Waals surface area contributed by atoms with Gasteiger partial charge in [0.05, 0.1) is 5.52 Å². The van der Waals surface area contributed by atoms with Crippen LogP contribution in [0.2, 0.25) is 0 Å². The van der Waals surface area contributed by atoms with Crippen molar-refractivity contribution in [3.63, 3.8) is 0 Å². The number of hydrogen-bond acceptors (Lipinski definition) is 2. The molecule has 0 unspecified atom stereocenters. The Bertz CT molecular complexity index is 2670. The summed E-state index contributed by atoms with van der Waals surface area (Å²) in [6, 6.07) is 56.7. The van der Waals surface area contributed by atoms with E-state index in [4.69, 9.17) is 0 Å². The molecule has 0 fully saturated rings. The molecule has 214 valence electrons. The molecule has 5 heteroatoms. The van der Waals surface area contributed by atoms with Gasteiger partial charge in [-0.25, -0.2) is 0 Å². The lowest BCUT2D eigenvalue weighted by molar-refractivity contribution is 1.17. The van der Waals surface area contributed by atoms with Crippen LogP contribution in [0.25, 0.3) is 27.5 Å². The topological polar surface area (TPSA) is 11.4 Å². The maximum Gasteiger partial charge on any atom is 0.252 e. The molecule has 0 atom stereocenters. The van der Waals surface area contributed by atoms with Gasteiger partial charge in [0, 0.05) is 56.1 Å². The molecule has 1 aromatic heterocycles. The molecule has 0 amide bonds. The third-order valence-electron chi connectivity index (χ3n) is 11.1. The third-order valence-corrected chi connectivity index (χ3v) is 11.1. The van der Waals surface area contributed by atoms with Crippen LogP contribution >= 0.6 is 0 Å². The second-order valence-electron chi connectivity index (χ2n) is 13.2.